The summed E-state index contributed by atoms with van der Waals surface area (Å²) in [7, 11) is 0. The number of hydrogen-bond acceptors (Lipinski definition) is 2. The lowest BCUT2D eigenvalue weighted by molar-refractivity contribution is 0.822. The zero-order chi connectivity index (χ0) is 15.6. The average Bonchev–Trinajstić information content (AvgIpc) is 2.37. The van der Waals surface area contributed by atoms with E-state index in [1.165, 1.54) is 22.4 Å². The number of nitrogens with zero attached hydrogens (tertiary/aromatic N) is 1. The fourth-order valence-corrected chi connectivity index (χ4v) is 3.13. The molecule has 0 saturated heterocycles. The van der Waals surface area contributed by atoms with Gasteiger partial charge in [-0.1, -0.05) is 32.0 Å². The van der Waals surface area contributed by atoms with Gasteiger partial charge in [-0.15, -0.1) is 0 Å². The molecular formula is C19H26N2. The Kier molecular flexibility index (Phi) is 4.66. The number of aryl methyl sites for hydroxylation is 3. The smallest absolute Gasteiger partial charge is 0.0506 e. The molecule has 2 nitrogen and oxygen atoms in total. The number of rotatable bonds is 4. The molecule has 1 N–H and O–H groups in total. The van der Waals surface area contributed by atoms with Gasteiger partial charge in [-0.05, 0) is 62.4 Å². The van der Waals surface area contributed by atoms with Crippen molar-refractivity contribution in [1.82, 2.24) is 4.98 Å². The summed E-state index contributed by atoms with van der Waals surface area (Å²) in [5.74, 6) is 0.513. The first-order valence-corrected chi connectivity index (χ1v) is 7.70. The highest BCUT2D eigenvalue weighted by molar-refractivity contribution is 5.54. The molecule has 0 spiro atoms. The molecule has 0 saturated carbocycles. The molecular weight excluding hydrogens is 256 g/mol. The molecule has 1 heterocycles. The van der Waals surface area contributed by atoms with Crippen LogP contribution >= 0.6 is 0 Å². The van der Waals surface area contributed by atoms with Crippen LogP contribution in [0.2, 0.25) is 0 Å². The van der Waals surface area contributed by atoms with Gasteiger partial charge in [0.2, 0.25) is 0 Å². The molecule has 2 rings (SSSR count). The van der Waals surface area contributed by atoms with E-state index < -0.39 is 0 Å². The van der Waals surface area contributed by atoms with Gasteiger partial charge in [0.15, 0.2) is 0 Å². The van der Waals surface area contributed by atoms with Gasteiger partial charge in [0, 0.05) is 17.1 Å². The van der Waals surface area contributed by atoms with E-state index in [0.717, 1.165) is 11.4 Å². The Labute approximate surface area is 128 Å². The molecule has 0 amide bonds. The van der Waals surface area contributed by atoms with E-state index in [4.69, 9.17) is 0 Å². The fraction of sp³-hybridized carbons (Fsp3) is 0.421. The van der Waals surface area contributed by atoms with Crippen molar-refractivity contribution in [3.8, 4) is 0 Å². The van der Waals surface area contributed by atoms with Crippen LogP contribution < -0.4 is 5.32 Å². The second-order valence-corrected chi connectivity index (χ2v) is 6.19. The largest absolute Gasteiger partial charge is 0.378 e. The van der Waals surface area contributed by atoms with Crippen molar-refractivity contribution in [3.63, 3.8) is 0 Å². The minimum atomic E-state index is 0.248. The molecule has 0 bridgehead atoms. The third kappa shape index (κ3) is 3.44. The fourth-order valence-electron chi connectivity index (χ4n) is 3.13. The highest BCUT2D eigenvalue weighted by Gasteiger charge is 2.15. The van der Waals surface area contributed by atoms with Crippen molar-refractivity contribution in [1.29, 1.82) is 0 Å². The lowest BCUT2D eigenvalue weighted by Crippen LogP contribution is -2.13. The maximum atomic E-state index is 4.61. The maximum absolute atomic E-state index is 4.61. The van der Waals surface area contributed by atoms with Gasteiger partial charge in [0.25, 0.3) is 0 Å². The summed E-state index contributed by atoms with van der Waals surface area (Å²) in [6.45, 7) is 13.0. The van der Waals surface area contributed by atoms with E-state index in [-0.39, 0.29) is 6.04 Å². The Morgan fingerprint density at radius 1 is 1.00 bits per heavy atom. The van der Waals surface area contributed by atoms with Crippen LogP contribution in [0.3, 0.4) is 0 Å². The standard InChI is InChI=1S/C19H26N2/c1-12(2)17-9-7-8-10-18(17)21-16(6)19-13(3)11-14(4)20-15(19)5/h7-12,16,21H,1-6H3. The van der Waals surface area contributed by atoms with Crippen LogP contribution in [-0.2, 0) is 0 Å². The predicted molar refractivity (Wildman–Crippen MR) is 91.0 cm³/mol. The Morgan fingerprint density at radius 2 is 1.67 bits per heavy atom. The number of para-hydroxylation sites is 1. The molecule has 1 atom stereocenters. The van der Waals surface area contributed by atoms with E-state index in [2.05, 4.69) is 82.2 Å². The normalized spacial score (nSPS) is 12.5. The topological polar surface area (TPSA) is 24.9 Å². The zero-order valence-electron chi connectivity index (χ0n) is 14.0. The van der Waals surface area contributed by atoms with Gasteiger partial charge in [-0.3, -0.25) is 4.98 Å². The SMILES string of the molecule is Cc1cc(C)c(C(C)Nc2ccccc2C(C)C)c(C)n1. The molecule has 21 heavy (non-hydrogen) atoms. The Hall–Kier alpha value is -1.83. The van der Waals surface area contributed by atoms with E-state index in [1.54, 1.807) is 0 Å². The lowest BCUT2D eigenvalue weighted by atomic mass is 9.97. The number of pyridine rings is 1. The molecule has 1 aromatic carbocycles. The van der Waals surface area contributed by atoms with Crippen molar-refractivity contribution in [2.45, 2.75) is 53.5 Å². The first-order valence-electron chi connectivity index (χ1n) is 7.70. The monoisotopic (exact) mass is 282 g/mol. The predicted octanol–water partition coefficient (Wildman–Crippen LogP) is 5.30. The quantitative estimate of drug-likeness (QED) is 0.822. The van der Waals surface area contributed by atoms with E-state index >= 15 is 0 Å². The molecule has 0 aliphatic rings. The van der Waals surface area contributed by atoms with Gasteiger partial charge < -0.3 is 5.32 Å². The molecule has 0 aliphatic heterocycles. The Balaban J connectivity index is 2.33. The van der Waals surface area contributed by atoms with Gasteiger partial charge in [0.05, 0.1) is 6.04 Å². The minimum absolute atomic E-state index is 0.248. The van der Waals surface area contributed by atoms with Crippen LogP contribution in [0.1, 0.15) is 60.8 Å². The average molecular weight is 282 g/mol. The van der Waals surface area contributed by atoms with Crippen LogP contribution in [0, 0.1) is 20.8 Å². The van der Waals surface area contributed by atoms with Crippen molar-refractivity contribution in [2.24, 2.45) is 0 Å². The summed E-state index contributed by atoms with van der Waals surface area (Å²) in [4.78, 5) is 4.61. The first kappa shape index (κ1) is 15.6. The number of hydrogen-bond donors (Lipinski definition) is 1. The zero-order valence-corrected chi connectivity index (χ0v) is 14.0. The molecule has 0 radical (unpaired) electrons. The lowest BCUT2D eigenvalue weighted by Gasteiger charge is -2.23. The van der Waals surface area contributed by atoms with Crippen molar-refractivity contribution < 1.29 is 0 Å². The summed E-state index contributed by atoms with van der Waals surface area (Å²) in [5.41, 5.74) is 7.40. The van der Waals surface area contributed by atoms with Crippen molar-refractivity contribution in [3.05, 3.63) is 58.4 Å². The van der Waals surface area contributed by atoms with Gasteiger partial charge in [0.1, 0.15) is 0 Å². The van der Waals surface area contributed by atoms with E-state index in [9.17, 15) is 0 Å². The molecule has 1 unspecified atom stereocenters. The molecule has 2 aromatic rings. The Morgan fingerprint density at radius 3 is 2.29 bits per heavy atom. The van der Waals surface area contributed by atoms with Crippen LogP contribution in [0.5, 0.6) is 0 Å². The summed E-state index contributed by atoms with van der Waals surface area (Å²) in [5, 5.41) is 3.67. The van der Waals surface area contributed by atoms with Crippen LogP contribution in [0.4, 0.5) is 5.69 Å². The second kappa shape index (κ2) is 6.30. The van der Waals surface area contributed by atoms with E-state index in [0.29, 0.717) is 5.92 Å². The third-order valence-corrected chi connectivity index (χ3v) is 3.97. The highest BCUT2D eigenvalue weighted by atomic mass is 14.9. The van der Waals surface area contributed by atoms with Crippen molar-refractivity contribution in [2.75, 3.05) is 5.32 Å². The molecule has 112 valence electrons. The summed E-state index contributed by atoms with van der Waals surface area (Å²) in [6, 6.07) is 11.0. The van der Waals surface area contributed by atoms with Gasteiger partial charge in [-0.2, -0.15) is 0 Å². The number of anilines is 1. The number of nitrogens with one attached hydrogen (secondary N) is 1. The Bertz CT molecular complexity index is 606. The minimum Gasteiger partial charge on any atom is -0.378 e. The molecule has 2 heteroatoms. The van der Waals surface area contributed by atoms with Crippen LogP contribution in [0.25, 0.3) is 0 Å². The van der Waals surface area contributed by atoms with E-state index in [1.807, 2.05) is 0 Å². The molecule has 0 aliphatic carbocycles. The number of aromatic nitrogens is 1. The van der Waals surface area contributed by atoms with Crippen molar-refractivity contribution >= 4 is 5.69 Å². The molecule has 0 fully saturated rings. The maximum Gasteiger partial charge on any atom is 0.0506 e. The summed E-state index contributed by atoms with van der Waals surface area (Å²) < 4.78 is 0. The van der Waals surface area contributed by atoms with Crippen LogP contribution in [-0.4, -0.2) is 4.98 Å². The first-order chi connectivity index (χ1) is 9.90. The number of benzene rings is 1. The summed E-state index contributed by atoms with van der Waals surface area (Å²) in [6.07, 6.45) is 0. The third-order valence-electron chi connectivity index (χ3n) is 3.97. The summed E-state index contributed by atoms with van der Waals surface area (Å²) >= 11 is 0. The highest BCUT2D eigenvalue weighted by Crippen LogP contribution is 2.29. The van der Waals surface area contributed by atoms with Gasteiger partial charge >= 0.3 is 0 Å². The molecule has 1 aromatic heterocycles. The second-order valence-electron chi connectivity index (χ2n) is 6.19. The van der Waals surface area contributed by atoms with Crippen LogP contribution in [0.15, 0.2) is 30.3 Å². The van der Waals surface area contributed by atoms with Gasteiger partial charge in [-0.25, -0.2) is 0 Å².